The number of ketones is 2. The fourth-order valence-electron chi connectivity index (χ4n) is 10.4. The first kappa shape index (κ1) is 50.3. The first-order valence-electron chi connectivity index (χ1n) is 21.7. The zero-order valence-electron chi connectivity index (χ0n) is 36.8. The summed E-state index contributed by atoms with van der Waals surface area (Å²) in [4.78, 5) is 44.3. The van der Waals surface area contributed by atoms with Gasteiger partial charge in [-0.2, -0.15) is 4.98 Å². The summed E-state index contributed by atoms with van der Waals surface area (Å²) in [6, 6.07) is 10.6. The number of fused-ring (bicyclic) bond motifs is 5. The van der Waals surface area contributed by atoms with Crippen molar-refractivity contribution in [1.82, 2.24) is 9.88 Å². The Labute approximate surface area is 401 Å². The van der Waals surface area contributed by atoms with Crippen molar-refractivity contribution in [3.63, 3.8) is 0 Å². The summed E-state index contributed by atoms with van der Waals surface area (Å²) in [7, 11) is 1.42. The number of pyridine rings is 1. The molecule has 3 aromatic rings. The Hall–Kier alpha value is -2.15. The lowest BCUT2D eigenvalue weighted by atomic mass is 9.51. The van der Waals surface area contributed by atoms with Crippen molar-refractivity contribution in [3.8, 4) is 5.88 Å². The highest BCUT2D eigenvalue weighted by Gasteiger charge is 2.61. The zero-order valence-corrected chi connectivity index (χ0v) is 42.3. The maximum atomic E-state index is 12.8. The number of carbonyl (C=O) groups is 3. The molecule has 342 valence electrons. The molecule has 5 atom stereocenters. The Kier molecular flexibility index (Phi) is 17.3. The predicted octanol–water partition coefficient (Wildman–Crippen LogP) is 13.6. The number of Topliss-reactive ketones (excluding diaryl/α,β-unsaturated/α-hetero) is 1. The lowest BCUT2D eigenvalue weighted by molar-refractivity contribution is -0.147. The van der Waals surface area contributed by atoms with E-state index in [0.29, 0.717) is 54.5 Å². The van der Waals surface area contributed by atoms with Crippen LogP contribution in [0.2, 0.25) is 20.2 Å². The minimum absolute atomic E-state index is 0.0521. The standard InChI is InChI=1S/C22H30O2.C16H16ClNO2S.C9H11Cl3NO3PS/c1-4-20(24)22(3)12-10-19-18-7-5-14-13-15(23)6-8-16(14)17(18)9-11-21(19,22)2;1-20-16(19)15(12-4-2-3-5-13(12)17)18-8-6-14-11(10-18)7-9-21-14;1-3-14-17(18,15-4-2)16-9-7(11)5-6(10)8(12)13-9/h13,18-19H,4-12H2,1-3H3;2-5,7,9,15H,6,8,10H2,1H3;5H,3-4H2,1-2H3/t18-,19+,21+,22-;15-;/m10./s1. The number of esters is 1. The number of hydrogen-bond acceptors (Lipinski definition) is 11. The Morgan fingerprint density at radius 3 is 2.37 bits per heavy atom. The van der Waals surface area contributed by atoms with Crippen molar-refractivity contribution in [3.05, 3.63) is 101 Å². The molecule has 2 aromatic heterocycles. The topological polar surface area (TPSA) is 104 Å². The van der Waals surface area contributed by atoms with Gasteiger partial charge in [0, 0.05) is 53.1 Å². The van der Waals surface area contributed by atoms with E-state index in [-0.39, 0.29) is 37.9 Å². The Morgan fingerprint density at radius 2 is 1.68 bits per heavy atom. The maximum Gasteiger partial charge on any atom is 0.381 e. The zero-order chi connectivity index (χ0) is 45.7. The number of ether oxygens (including phenoxy) is 1. The van der Waals surface area contributed by atoms with E-state index in [1.807, 2.05) is 37.3 Å². The quantitative estimate of drug-likeness (QED) is 0.105. The minimum Gasteiger partial charge on any atom is -0.468 e. The van der Waals surface area contributed by atoms with E-state index in [1.165, 1.54) is 47.6 Å². The van der Waals surface area contributed by atoms with Gasteiger partial charge in [-0.1, -0.05) is 90.9 Å². The van der Waals surface area contributed by atoms with Crippen LogP contribution in [0.4, 0.5) is 0 Å². The van der Waals surface area contributed by atoms with E-state index in [1.54, 1.807) is 30.8 Å². The number of nitrogens with zero attached hydrogens (tertiary/aromatic N) is 2. The number of allylic oxidation sites excluding steroid dienone is 4. The van der Waals surface area contributed by atoms with Gasteiger partial charge in [-0.15, -0.1) is 11.3 Å². The van der Waals surface area contributed by atoms with E-state index in [2.05, 4.69) is 35.2 Å². The third-order valence-corrected chi connectivity index (χ3v) is 18.4. The molecular weight excluding hydrogens is 941 g/mol. The van der Waals surface area contributed by atoms with E-state index < -0.39 is 12.8 Å². The molecule has 0 unspecified atom stereocenters. The molecule has 0 radical (unpaired) electrons. The normalized spacial score (nSPS) is 24.5. The molecule has 16 heteroatoms. The number of methoxy groups -OCH3 is 1. The summed E-state index contributed by atoms with van der Waals surface area (Å²) >= 11 is 30.7. The fraction of sp³-hybridized carbons (Fsp3) is 0.532. The number of aromatic nitrogens is 1. The molecule has 4 aliphatic carbocycles. The average molecular weight is 999 g/mol. The first-order chi connectivity index (χ1) is 30.0. The van der Waals surface area contributed by atoms with Crippen molar-refractivity contribution in [2.75, 3.05) is 26.9 Å². The van der Waals surface area contributed by atoms with Gasteiger partial charge in [0.15, 0.2) is 10.9 Å². The number of benzene rings is 1. The largest absolute Gasteiger partial charge is 0.468 e. The average Bonchev–Trinajstić information content (AvgIpc) is 3.85. The van der Waals surface area contributed by atoms with Crippen LogP contribution in [0.3, 0.4) is 0 Å². The molecular formula is C47H57Cl4N2O7PS2. The van der Waals surface area contributed by atoms with Gasteiger partial charge in [-0.25, -0.2) is 4.79 Å². The molecule has 2 fully saturated rings. The van der Waals surface area contributed by atoms with Crippen LogP contribution in [0.15, 0.2) is 64.6 Å². The summed E-state index contributed by atoms with van der Waals surface area (Å²) in [5.41, 5.74) is 6.68. The number of thiophene rings is 1. The van der Waals surface area contributed by atoms with Crippen molar-refractivity contribution >= 4 is 93.8 Å². The van der Waals surface area contributed by atoms with Gasteiger partial charge in [0.2, 0.25) is 5.88 Å². The highest BCUT2D eigenvalue weighted by atomic mass is 35.5. The number of rotatable bonds is 11. The third kappa shape index (κ3) is 10.9. The van der Waals surface area contributed by atoms with Crippen molar-refractivity contribution in [2.24, 2.45) is 22.7 Å². The van der Waals surface area contributed by atoms with E-state index in [0.717, 1.165) is 57.2 Å². The Morgan fingerprint density at radius 1 is 0.952 bits per heavy atom. The van der Waals surface area contributed by atoms with E-state index in [4.69, 9.17) is 76.5 Å². The van der Waals surface area contributed by atoms with Crippen LogP contribution in [0, 0.1) is 22.7 Å². The predicted molar refractivity (Wildman–Crippen MR) is 258 cm³/mol. The molecule has 8 rings (SSSR count). The second-order valence-electron chi connectivity index (χ2n) is 16.9. The molecule has 0 amide bonds. The molecule has 1 aliphatic heterocycles. The van der Waals surface area contributed by atoms with Gasteiger partial charge in [-0.3, -0.25) is 23.5 Å². The monoisotopic (exact) mass is 996 g/mol. The molecule has 0 N–H and O–H groups in total. The molecule has 5 aliphatic rings. The maximum absolute atomic E-state index is 12.8. The SMILES string of the molecule is CCC(=O)[C@@]1(C)CC[C@H]2[C@@H]3CCC4=CC(=O)CCC4=C3CC[C@@]21C.CCOP(=S)(OCC)Oc1nc(Cl)c(Cl)cc1Cl.COC(=O)[C@H](c1ccccc1Cl)N1CCc2sccc2C1. The summed E-state index contributed by atoms with van der Waals surface area (Å²) in [6.45, 7) is 9.64. The number of carbonyl (C=O) groups excluding carboxylic acids is 3. The number of halogens is 4. The summed E-state index contributed by atoms with van der Waals surface area (Å²) in [6.07, 6.45) is 12.1. The van der Waals surface area contributed by atoms with Gasteiger partial charge < -0.3 is 9.26 Å². The number of hydrogen-bond donors (Lipinski definition) is 0. The molecule has 0 bridgehead atoms. The Balaban J connectivity index is 0.000000159. The van der Waals surface area contributed by atoms with Crippen LogP contribution in [0.1, 0.15) is 114 Å². The van der Waals surface area contributed by atoms with Crippen molar-refractivity contribution in [2.45, 2.75) is 111 Å². The van der Waals surface area contributed by atoms with Gasteiger partial charge in [0.1, 0.15) is 16.8 Å². The molecule has 0 saturated heterocycles. The minimum atomic E-state index is -2.92. The highest BCUT2D eigenvalue weighted by Crippen LogP contribution is 2.67. The summed E-state index contributed by atoms with van der Waals surface area (Å²) in [5, 5.41) is 3.21. The molecule has 63 heavy (non-hydrogen) atoms. The summed E-state index contributed by atoms with van der Waals surface area (Å²) < 4.78 is 21.1. The Bertz CT molecular complexity index is 2290. The van der Waals surface area contributed by atoms with Gasteiger partial charge in [0.25, 0.3) is 0 Å². The third-order valence-electron chi connectivity index (χ3n) is 13.7. The van der Waals surface area contributed by atoms with Gasteiger partial charge in [0.05, 0.1) is 25.3 Å². The van der Waals surface area contributed by atoms with Crippen molar-refractivity contribution < 1.29 is 32.7 Å². The fourth-order valence-corrected chi connectivity index (χ4v) is 14.1. The second-order valence-corrected chi connectivity index (χ2v) is 22.4. The molecule has 0 spiro atoms. The van der Waals surface area contributed by atoms with Crippen LogP contribution in [0.5, 0.6) is 5.88 Å². The summed E-state index contributed by atoms with van der Waals surface area (Å²) in [5.74, 6) is 1.90. The van der Waals surface area contributed by atoms with Crippen LogP contribution < -0.4 is 4.52 Å². The lowest BCUT2D eigenvalue weighted by Gasteiger charge is -2.52. The van der Waals surface area contributed by atoms with Crippen LogP contribution in [-0.4, -0.2) is 54.3 Å². The van der Waals surface area contributed by atoms with E-state index in [9.17, 15) is 14.4 Å². The van der Waals surface area contributed by atoms with Gasteiger partial charge in [-0.05, 0) is 134 Å². The first-order valence-corrected chi connectivity index (χ1v) is 26.7. The second kappa shape index (κ2) is 21.6. The molecule has 1 aromatic carbocycles. The van der Waals surface area contributed by atoms with Crippen LogP contribution in [0.25, 0.3) is 0 Å². The molecule has 9 nitrogen and oxygen atoms in total. The lowest BCUT2D eigenvalue weighted by Crippen LogP contribution is -2.47. The molecule has 2 saturated carbocycles. The molecule has 3 heterocycles. The highest BCUT2D eigenvalue weighted by molar-refractivity contribution is 8.07. The van der Waals surface area contributed by atoms with Crippen molar-refractivity contribution in [1.29, 1.82) is 0 Å². The van der Waals surface area contributed by atoms with Crippen LogP contribution >= 0.6 is 64.5 Å². The van der Waals surface area contributed by atoms with E-state index >= 15 is 0 Å². The van der Waals surface area contributed by atoms with Crippen LogP contribution in [-0.2, 0) is 52.9 Å². The smallest absolute Gasteiger partial charge is 0.381 e. The van der Waals surface area contributed by atoms with Gasteiger partial charge >= 0.3 is 12.7 Å².